The van der Waals surface area contributed by atoms with Gasteiger partial charge in [-0.25, -0.2) is 4.79 Å². The molecule has 1 rings (SSSR count). The number of alkyl carbamates (subject to hydrolysis) is 1. The summed E-state index contributed by atoms with van der Waals surface area (Å²) in [4.78, 5) is 42.1. The van der Waals surface area contributed by atoms with Gasteiger partial charge in [0.1, 0.15) is 17.7 Å². The van der Waals surface area contributed by atoms with Crippen molar-refractivity contribution in [3.05, 3.63) is 34.9 Å². The van der Waals surface area contributed by atoms with Crippen molar-refractivity contribution >= 4 is 30.5 Å². The van der Waals surface area contributed by atoms with Crippen molar-refractivity contribution in [2.24, 2.45) is 0 Å². The van der Waals surface area contributed by atoms with Crippen LogP contribution in [0.4, 0.5) is 4.79 Å². The van der Waals surface area contributed by atoms with Gasteiger partial charge in [0.25, 0.3) is 0 Å². The number of rotatable bonds is 17. The highest BCUT2D eigenvalue weighted by Crippen LogP contribution is 2.28. The predicted molar refractivity (Wildman–Crippen MR) is 163 cm³/mol. The van der Waals surface area contributed by atoms with E-state index < -0.39 is 23.8 Å². The van der Waals surface area contributed by atoms with Crippen molar-refractivity contribution in [2.75, 3.05) is 18.8 Å². The number of carbonyl (C=O) groups is 3. The first-order valence-electron chi connectivity index (χ1n) is 14.7. The van der Waals surface area contributed by atoms with E-state index in [-0.39, 0.29) is 17.6 Å². The number of hydrogen-bond acceptors (Lipinski definition) is 5. The van der Waals surface area contributed by atoms with Crippen molar-refractivity contribution in [2.45, 2.75) is 124 Å². The van der Waals surface area contributed by atoms with E-state index in [9.17, 15) is 14.4 Å². The molecule has 0 spiro atoms. The second-order valence-electron chi connectivity index (χ2n) is 11.4. The maximum absolute atomic E-state index is 14.1. The van der Waals surface area contributed by atoms with Crippen LogP contribution in [0, 0.1) is 13.8 Å². The summed E-state index contributed by atoms with van der Waals surface area (Å²) in [6.07, 6.45) is 8.61. The molecule has 3 amide bonds. The van der Waals surface area contributed by atoms with Crippen LogP contribution < -0.4 is 10.6 Å². The van der Waals surface area contributed by atoms with E-state index >= 15 is 0 Å². The molecule has 0 saturated carbocycles. The Bertz CT molecular complexity index is 900. The molecule has 0 heterocycles. The summed E-state index contributed by atoms with van der Waals surface area (Å²) in [7, 11) is 0. The topological polar surface area (TPSA) is 87.7 Å². The zero-order valence-corrected chi connectivity index (χ0v) is 26.3. The second-order valence-corrected chi connectivity index (χ2v) is 11.7. The first-order valence-corrected chi connectivity index (χ1v) is 15.3. The van der Waals surface area contributed by atoms with Crippen LogP contribution in [-0.4, -0.2) is 53.3 Å². The first kappa shape index (κ1) is 34.8. The van der Waals surface area contributed by atoms with Gasteiger partial charge in [0.2, 0.25) is 11.8 Å². The highest BCUT2D eigenvalue weighted by atomic mass is 32.1. The Kier molecular flexibility index (Phi) is 16.2. The molecular formula is C31H53N3O4S. The number of hydrogen-bond donors (Lipinski definition) is 3. The number of nitrogens with one attached hydrogen (secondary N) is 2. The molecule has 1 aromatic carbocycles. The lowest BCUT2D eigenvalue weighted by molar-refractivity contribution is -0.142. The predicted octanol–water partition coefficient (Wildman–Crippen LogP) is 6.66. The molecule has 39 heavy (non-hydrogen) atoms. The quantitative estimate of drug-likeness (QED) is 0.146. The zero-order chi connectivity index (χ0) is 29.4. The molecule has 0 aliphatic heterocycles. The van der Waals surface area contributed by atoms with Crippen LogP contribution in [0.2, 0.25) is 0 Å². The fourth-order valence-corrected chi connectivity index (χ4v) is 4.72. The van der Waals surface area contributed by atoms with Crippen LogP contribution in [0.3, 0.4) is 0 Å². The SMILES string of the molecule is CCCCCCCCN(C(=O)C(CS)NC(=O)OC(C)(C)C)C(C(=O)NCCCCC)c1cccc(C)c1C. The standard InChI is InChI=1S/C31H53N3O4S/c1-8-10-12-13-14-16-21-34(29(36)26(22-39)33-30(37)38-31(5,6)7)27(28(35)32-20-15-11-9-2)25-19-17-18-23(3)24(25)4/h17-19,26-27,39H,8-16,20-22H2,1-7H3,(H,32,35)(H,33,37). The molecule has 2 atom stereocenters. The summed E-state index contributed by atoms with van der Waals surface area (Å²) in [5, 5.41) is 5.77. The molecule has 0 aromatic heterocycles. The van der Waals surface area contributed by atoms with Gasteiger partial charge in [-0.1, -0.05) is 77.0 Å². The lowest BCUT2D eigenvalue weighted by Crippen LogP contribution is -2.54. The average Bonchev–Trinajstić information content (AvgIpc) is 2.87. The van der Waals surface area contributed by atoms with Crippen LogP contribution in [0.15, 0.2) is 18.2 Å². The Morgan fingerprint density at radius 1 is 0.949 bits per heavy atom. The molecule has 0 fully saturated rings. The molecule has 0 saturated heterocycles. The smallest absolute Gasteiger partial charge is 0.408 e. The second kappa shape index (κ2) is 18.2. The van der Waals surface area contributed by atoms with Crippen molar-refractivity contribution in [3.8, 4) is 0 Å². The summed E-state index contributed by atoms with van der Waals surface area (Å²) in [6.45, 7) is 14.6. The number of ether oxygens (including phenoxy) is 1. The molecule has 0 bridgehead atoms. The van der Waals surface area contributed by atoms with Crippen LogP contribution in [0.5, 0.6) is 0 Å². The average molecular weight is 564 g/mol. The van der Waals surface area contributed by atoms with Gasteiger partial charge in [0.15, 0.2) is 0 Å². The number of aryl methyl sites for hydroxylation is 1. The maximum atomic E-state index is 14.1. The molecule has 8 heteroatoms. The Morgan fingerprint density at radius 3 is 2.18 bits per heavy atom. The van der Waals surface area contributed by atoms with Gasteiger partial charge in [0.05, 0.1) is 0 Å². The largest absolute Gasteiger partial charge is 0.444 e. The van der Waals surface area contributed by atoms with E-state index in [1.165, 1.54) is 6.42 Å². The van der Waals surface area contributed by atoms with E-state index in [4.69, 9.17) is 4.74 Å². The minimum atomic E-state index is -0.927. The van der Waals surface area contributed by atoms with E-state index in [1.807, 2.05) is 32.0 Å². The Morgan fingerprint density at radius 2 is 1.56 bits per heavy atom. The summed E-state index contributed by atoms with van der Waals surface area (Å²) >= 11 is 4.39. The summed E-state index contributed by atoms with van der Waals surface area (Å²) in [5.41, 5.74) is 2.14. The van der Waals surface area contributed by atoms with Crippen molar-refractivity contribution < 1.29 is 19.1 Å². The van der Waals surface area contributed by atoms with Crippen LogP contribution in [-0.2, 0) is 14.3 Å². The highest BCUT2D eigenvalue weighted by Gasteiger charge is 2.36. The third-order valence-electron chi connectivity index (χ3n) is 6.79. The minimum absolute atomic E-state index is 0.0860. The van der Waals surface area contributed by atoms with E-state index in [2.05, 4.69) is 37.1 Å². The number of unbranched alkanes of at least 4 members (excludes halogenated alkanes) is 7. The maximum Gasteiger partial charge on any atom is 0.408 e. The molecule has 0 aliphatic carbocycles. The molecule has 222 valence electrons. The number of carbonyl (C=O) groups excluding carboxylic acids is 3. The van der Waals surface area contributed by atoms with Crippen LogP contribution in [0.25, 0.3) is 0 Å². The minimum Gasteiger partial charge on any atom is -0.444 e. The molecule has 0 radical (unpaired) electrons. The zero-order valence-electron chi connectivity index (χ0n) is 25.4. The molecule has 0 aliphatic rings. The first-order chi connectivity index (χ1) is 18.5. The van der Waals surface area contributed by atoms with Crippen molar-refractivity contribution in [1.29, 1.82) is 0 Å². The third kappa shape index (κ3) is 12.7. The van der Waals surface area contributed by atoms with E-state index in [1.54, 1.807) is 25.7 Å². The fraction of sp³-hybridized carbons (Fsp3) is 0.710. The van der Waals surface area contributed by atoms with Gasteiger partial charge >= 0.3 is 6.09 Å². The van der Waals surface area contributed by atoms with Gasteiger partial charge in [-0.3, -0.25) is 9.59 Å². The van der Waals surface area contributed by atoms with Crippen LogP contribution in [0.1, 0.15) is 115 Å². The number of thiol groups is 1. The lowest BCUT2D eigenvalue weighted by atomic mass is 9.94. The molecule has 2 N–H and O–H groups in total. The number of amides is 3. The van der Waals surface area contributed by atoms with Gasteiger partial charge in [-0.15, -0.1) is 0 Å². The number of nitrogens with zero attached hydrogens (tertiary/aromatic N) is 1. The Hall–Kier alpha value is -2.22. The molecule has 1 aromatic rings. The van der Waals surface area contributed by atoms with Gasteiger partial charge < -0.3 is 20.3 Å². The van der Waals surface area contributed by atoms with Crippen molar-refractivity contribution in [1.82, 2.24) is 15.5 Å². The Balaban J connectivity index is 3.37. The van der Waals surface area contributed by atoms with Crippen LogP contribution >= 0.6 is 12.6 Å². The van der Waals surface area contributed by atoms with Gasteiger partial charge in [-0.2, -0.15) is 12.6 Å². The number of benzene rings is 1. The monoisotopic (exact) mass is 563 g/mol. The molecule has 2 unspecified atom stereocenters. The van der Waals surface area contributed by atoms with E-state index in [0.717, 1.165) is 68.1 Å². The van der Waals surface area contributed by atoms with Gasteiger partial charge in [0, 0.05) is 18.8 Å². The lowest BCUT2D eigenvalue weighted by Gasteiger charge is -2.35. The summed E-state index contributed by atoms with van der Waals surface area (Å²) < 4.78 is 5.41. The normalized spacial score (nSPS) is 12.9. The summed E-state index contributed by atoms with van der Waals surface area (Å²) in [5.74, 6) is -0.448. The highest BCUT2D eigenvalue weighted by molar-refractivity contribution is 7.80. The van der Waals surface area contributed by atoms with Gasteiger partial charge in [-0.05, 0) is 64.2 Å². The van der Waals surface area contributed by atoms with Crippen molar-refractivity contribution in [3.63, 3.8) is 0 Å². The molecular weight excluding hydrogens is 510 g/mol. The Labute approximate surface area is 242 Å². The van der Waals surface area contributed by atoms with E-state index in [0.29, 0.717) is 13.1 Å². The summed E-state index contributed by atoms with van der Waals surface area (Å²) in [6, 6.07) is 4.13. The molecule has 7 nitrogen and oxygen atoms in total. The third-order valence-corrected chi connectivity index (χ3v) is 7.15. The fourth-order valence-electron chi connectivity index (χ4n) is 4.47.